The van der Waals surface area contributed by atoms with Crippen molar-refractivity contribution in [2.75, 3.05) is 45.8 Å². The van der Waals surface area contributed by atoms with Gasteiger partial charge in [0.25, 0.3) is 0 Å². The molecule has 0 radical (unpaired) electrons. The van der Waals surface area contributed by atoms with Gasteiger partial charge in [-0.2, -0.15) is 11.8 Å². The first-order valence-electron chi connectivity index (χ1n) is 8.68. The van der Waals surface area contributed by atoms with Gasteiger partial charge in [0.1, 0.15) is 16.4 Å². The van der Waals surface area contributed by atoms with Gasteiger partial charge in [-0.25, -0.2) is 14.8 Å². The number of hydrogen-bond acceptors (Lipinski definition) is 7. The number of carbonyl (C=O) groups excluding carboxylic acids is 2. The second-order valence-electron chi connectivity index (χ2n) is 5.93. The first kappa shape index (κ1) is 26.9. The summed E-state index contributed by atoms with van der Waals surface area (Å²) >= 11 is 3.02. The van der Waals surface area contributed by atoms with E-state index >= 15 is 0 Å². The van der Waals surface area contributed by atoms with Crippen LogP contribution < -0.4 is 10.6 Å². The molecule has 1 unspecified atom stereocenters. The molecule has 0 aliphatic heterocycles. The number of nitrogens with one attached hydrogen (secondary N) is 2. The van der Waals surface area contributed by atoms with Gasteiger partial charge in [-0.3, -0.25) is 4.79 Å². The molecule has 160 valence electrons. The van der Waals surface area contributed by atoms with E-state index < -0.39 is 0 Å². The van der Waals surface area contributed by atoms with Crippen molar-refractivity contribution in [1.82, 2.24) is 20.5 Å². The lowest BCUT2D eigenvalue weighted by atomic mass is 10.3. The molecule has 0 aliphatic carbocycles. The van der Waals surface area contributed by atoms with Gasteiger partial charge in [-0.15, -0.1) is 35.3 Å². The van der Waals surface area contributed by atoms with Crippen LogP contribution in [0.3, 0.4) is 0 Å². The lowest BCUT2D eigenvalue weighted by molar-refractivity contribution is -0.127. The number of rotatable bonds is 9. The van der Waals surface area contributed by atoms with Crippen LogP contribution in [0.15, 0.2) is 4.99 Å². The average Bonchev–Trinajstić information content (AvgIpc) is 3.01. The van der Waals surface area contributed by atoms with Crippen molar-refractivity contribution in [3.8, 4) is 0 Å². The summed E-state index contributed by atoms with van der Waals surface area (Å²) in [5, 5.41) is 7.22. The summed E-state index contributed by atoms with van der Waals surface area (Å²) in [6, 6.07) is -0.174. The molecule has 11 heteroatoms. The zero-order valence-corrected chi connectivity index (χ0v) is 21.2. The normalized spacial score (nSPS) is 12.0. The molecule has 0 fully saturated rings. The number of ether oxygens (including phenoxy) is 1. The Morgan fingerprint density at radius 2 is 2.07 bits per heavy atom. The first-order valence-corrected chi connectivity index (χ1v) is 10.9. The van der Waals surface area contributed by atoms with Gasteiger partial charge < -0.3 is 20.3 Å². The summed E-state index contributed by atoms with van der Waals surface area (Å²) in [7, 11) is 3.40. The number of thioether (sulfide) groups is 1. The van der Waals surface area contributed by atoms with Crippen molar-refractivity contribution < 1.29 is 14.3 Å². The fraction of sp³-hybridized carbons (Fsp3) is 0.647. The predicted octanol–water partition coefficient (Wildman–Crippen LogP) is 2.29. The number of aryl methyl sites for hydroxylation is 1. The molecule has 2 N–H and O–H groups in total. The van der Waals surface area contributed by atoms with Crippen LogP contribution in [0.4, 0.5) is 0 Å². The van der Waals surface area contributed by atoms with Gasteiger partial charge in [0.05, 0.1) is 18.3 Å². The van der Waals surface area contributed by atoms with Crippen molar-refractivity contribution in [3.05, 3.63) is 15.6 Å². The van der Waals surface area contributed by atoms with Crippen LogP contribution in [0.2, 0.25) is 0 Å². The first-order chi connectivity index (χ1) is 12.8. The molecule has 28 heavy (non-hydrogen) atoms. The topological polar surface area (TPSA) is 95.9 Å². The molecule has 1 rings (SSSR count). The van der Waals surface area contributed by atoms with Gasteiger partial charge in [0.2, 0.25) is 5.91 Å². The van der Waals surface area contributed by atoms with E-state index in [0.717, 1.165) is 17.3 Å². The molecule has 0 saturated carbocycles. The highest BCUT2D eigenvalue weighted by Gasteiger charge is 2.20. The van der Waals surface area contributed by atoms with E-state index in [1.54, 1.807) is 39.7 Å². The predicted molar refractivity (Wildman–Crippen MR) is 127 cm³/mol. The van der Waals surface area contributed by atoms with E-state index in [1.165, 1.54) is 16.2 Å². The number of likely N-dealkylation sites (N-methyl/N-ethyl adjacent to an activating group) is 1. The standard InChI is InChI=1S/C17H29N5O3S2.HI/c1-7-25-16(24)14-11(2)20-15(27-14)12(3)21-17(18-8-9-26-6)19-10-13(23)22(4)5;/h12H,7-10H2,1-6H3,(H2,18,19,21);1H. The Morgan fingerprint density at radius 1 is 1.39 bits per heavy atom. The molecule has 1 amide bonds. The van der Waals surface area contributed by atoms with E-state index in [2.05, 4.69) is 20.6 Å². The Kier molecular flexibility index (Phi) is 13.5. The van der Waals surface area contributed by atoms with E-state index in [0.29, 0.717) is 23.1 Å². The minimum absolute atomic E-state index is 0. The van der Waals surface area contributed by atoms with Crippen molar-refractivity contribution in [2.24, 2.45) is 4.99 Å². The van der Waals surface area contributed by atoms with Crippen molar-refractivity contribution in [2.45, 2.75) is 26.8 Å². The molecule has 1 heterocycles. The average molecular weight is 543 g/mol. The van der Waals surface area contributed by atoms with Crippen molar-refractivity contribution in [1.29, 1.82) is 0 Å². The van der Waals surface area contributed by atoms with E-state index in [-0.39, 0.29) is 48.4 Å². The monoisotopic (exact) mass is 543 g/mol. The SMILES string of the molecule is CCOC(=O)c1sc(C(C)NC(=NCC(=O)N(C)C)NCCSC)nc1C.I. The number of esters is 1. The number of halogens is 1. The molecule has 0 bridgehead atoms. The molecular weight excluding hydrogens is 513 g/mol. The summed E-state index contributed by atoms with van der Waals surface area (Å²) < 4.78 is 5.07. The molecule has 0 aliphatic rings. The van der Waals surface area contributed by atoms with Gasteiger partial charge in [0.15, 0.2) is 5.96 Å². The number of nitrogens with zero attached hydrogens (tertiary/aromatic N) is 3. The molecule has 0 saturated heterocycles. The molecule has 1 aromatic rings. The minimum atomic E-state index is -0.352. The largest absolute Gasteiger partial charge is 0.462 e. The van der Waals surface area contributed by atoms with Crippen LogP contribution in [-0.4, -0.2) is 73.5 Å². The van der Waals surface area contributed by atoms with E-state index in [1.807, 2.05) is 13.2 Å². The number of aliphatic imine (C=N–C) groups is 1. The Labute approximate surface area is 192 Å². The fourth-order valence-electron chi connectivity index (χ4n) is 1.97. The molecule has 1 aromatic heterocycles. The van der Waals surface area contributed by atoms with Crippen LogP contribution in [0.5, 0.6) is 0 Å². The van der Waals surface area contributed by atoms with Gasteiger partial charge in [-0.1, -0.05) is 0 Å². The summed E-state index contributed by atoms with van der Waals surface area (Å²) in [5.41, 5.74) is 0.652. The smallest absolute Gasteiger partial charge is 0.350 e. The number of guanidine groups is 1. The number of aromatic nitrogens is 1. The zero-order valence-electron chi connectivity index (χ0n) is 17.2. The quantitative estimate of drug-likeness (QED) is 0.162. The summed E-state index contributed by atoms with van der Waals surface area (Å²) in [4.78, 5) is 34.7. The van der Waals surface area contributed by atoms with Crippen LogP contribution in [0.25, 0.3) is 0 Å². The third-order valence-electron chi connectivity index (χ3n) is 3.47. The number of carbonyl (C=O) groups is 2. The molecule has 0 aromatic carbocycles. The third kappa shape index (κ3) is 8.95. The maximum Gasteiger partial charge on any atom is 0.350 e. The highest BCUT2D eigenvalue weighted by molar-refractivity contribution is 14.0. The number of thiazole rings is 1. The Hall–Kier alpha value is -1.08. The van der Waals surface area contributed by atoms with E-state index in [4.69, 9.17) is 4.74 Å². The molecule has 1 atom stereocenters. The van der Waals surface area contributed by atoms with Gasteiger partial charge >= 0.3 is 5.97 Å². The molecule has 0 spiro atoms. The Bertz CT molecular complexity index is 667. The van der Waals surface area contributed by atoms with Gasteiger partial charge in [-0.05, 0) is 27.0 Å². The maximum absolute atomic E-state index is 12.0. The van der Waals surface area contributed by atoms with Crippen molar-refractivity contribution >= 4 is 64.9 Å². The zero-order chi connectivity index (χ0) is 20.4. The number of amides is 1. The highest BCUT2D eigenvalue weighted by Crippen LogP contribution is 2.24. The van der Waals surface area contributed by atoms with Crippen LogP contribution in [0, 0.1) is 6.92 Å². The third-order valence-corrected chi connectivity index (χ3v) is 5.40. The molecular formula is C17H30IN5O3S2. The minimum Gasteiger partial charge on any atom is -0.462 e. The second-order valence-corrected chi connectivity index (χ2v) is 7.94. The maximum atomic E-state index is 12.0. The van der Waals surface area contributed by atoms with Crippen LogP contribution in [0.1, 0.15) is 40.3 Å². The lowest BCUT2D eigenvalue weighted by Gasteiger charge is -2.17. The van der Waals surface area contributed by atoms with Crippen molar-refractivity contribution in [3.63, 3.8) is 0 Å². The van der Waals surface area contributed by atoms with Crippen LogP contribution in [-0.2, 0) is 9.53 Å². The summed E-state index contributed by atoms with van der Waals surface area (Å²) in [5.74, 6) is 1.02. The summed E-state index contributed by atoms with van der Waals surface area (Å²) in [6.45, 7) is 6.61. The summed E-state index contributed by atoms with van der Waals surface area (Å²) in [6.07, 6.45) is 2.03. The Morgan fingerprint density at radius 3 is 2.64 bits per heavy atom. The number of hydrogen-bond donors (Lipinski definition) is 2. The molecule has 8 nitrogen and oxygen atoms in total. The second kappa shape index (κ2) is 14.0. The van der Waals surface area contributed by atoms with Gasteiger partial charge in [0, 0.05) is 26.4 Å². The highest BCUT2D eigenvalue weighted by atomic mass is 127. The Balaban J connectivity index is 0.00000729. The lowest BCUT2D eigenvalue weighted by Crippen LogP contribution is -2.40. The fourth-order valence-corrected chi connectivity index (χ4v) is 3.24. The van der Waals surface area contributed by atoms with E-state index in [9.17, 15) is 9.59 Å². The van der Waals surface area contributed by atoms with Crippen LogP contribution >= 0.6 is 47.1 Å².